The summed E-state index contributed by atoms with van der Waals surface area (Å²) in [7, 11) is 0. The van der Waals surface area contributed by atoms with Crippen LogP contribution in [0, 0.1) is 0 Å². The molecule has 3 heterocycles. The quantitative estimate of drug-likeness (QED) is 0.765. The summed E-state index contributed by atoms with van der Waals surface area (Å²) in [6.45, 7) is 3.79. The highest BCUT2D eigenvalue weighted by atomic mass is 16.5. The lowest BCUT2D eigenvalue weighted by Crippen LogP contribution is -2.63. The van der Waals surface area contributed by atoms with Gasteiger partial charge in [0.2, 0.25) is 5.91 Å². The first-order valence-electron chi connectivity index (χ1n) is 7.60. The summed E-state index contributed by atoms with van der Waals surface area (Å²) in [4.78, 5) is 14.5. The zero-order chi connectivity index (χ0) is 13.3. The van der Waals surface area contributed by atoms with E-state index >= 15 is 0 Å². The second-order valence-corrected chi connectivity index (χ2v) is 6.25. The van der Waals surface area contributed by atoms with Gasteiger partial charge in [0.05, 0.1) is 6.10 Å². The Morgan fingerprint density at radius 2 is 2.26 bits per heavy atom. The number of primary amides is 1. The number of nitrogens with one attached hydrogen (secondary N) is 1. The van der Waals surface area contributed by atoms with Gasteiger partial charge in [0.1, 0.15) is 5.54 Å². The Labute approximate surface area is 114 Å². The number of rotatable bonds is 4. The van der Waals surface area contributed by atoms with Gasteiger partial charge in [-0.3, -0.25) is 4.79 Å². The molecule has 3 fully saturated rings. The zero-order valence-electron chi connectivity index (χ0n) is 11.6. The number of nitrogens with zero attached hydrogens (tertiary/aromatic N) is 1. The van der Waals surface area contributed by atoms with E-state index in [1.807, 2.05) is 0 Å². The van der Waals surface area contributed by atoms with Gasteiger partial charge in [-0.05, 0) is 45.1 Å². The molecule has 3 unspecified atom stereocenters. The second-order valence-electron chi connectivity index (χ2n) is 6.25. The van der Waals surface area contributed by atoms with E-state index in [2.05, 4.69) is 10.2 Å². The predicted molar refractivity (Wildman–Crippen MR) is 72.7 cm³/mol. The summed E-state index contributed by atoms with van der Waals surface area (Å²) in [5.74, 6) is -0.183. The average Bonchev–Trinajstić information content (AvgIpc) is 3.06. The van der Waals surface area contributed by atoms with E-state index < -0.39 is 5.54 Å². The maximum absolute atomic E-state index is 12.0. The van der Waals surface area contributed by atoms with E-state index in [4.69, 9.17) is 10.5 Å². The molecule has 0 aromatic carbocycles. The van der Waals surface area contributed by atoms with Crippen molar-refractivity contribution in [3.05, 3.63) is 0 Å². The Bertz CT molecular complexity index is 344. The molecule has 0 spiro atoms. The first kappa shape index (κ1) is 13.3. The zero-order valence-corrected chi connectivity index (χ0v) is 11.6. The van der Waals surface area contributed by atoms with Crippen molar-refractivity contribution in [2.24, 2.45) is 5.73 Å². The number of amides is 1. The molecule has 0 aromatic rings. The molecular formula is C14H25N3O2. The van der Waals surface area contributed by atoms with Crippen LogP contribution in [0.4, 0.5) is 0 Å². The smallest absolute Gasteiger partial charge is 0.237 e. The number of hydrogen-bond acceptors (Lipinski definition) is 4. The normalized spacial score (nSPS) is 39.4. The molecule has 0 aromatic heterocycles. The van der Waals surface area contributed by atoms with E-state index in [1.165, 1.54) is 19.4 Å². The molecule has 3 atom stereocenters. The monoisotopic (exact) mass is 267 g/mol. The molecule has 0 bridgehead atoms. The fourth-order valence-corrected chi connectivity index (χ4v) is 3.85. The molecule has 3 saturated heterocycles. The molecule has 3 rings (SSSR count). The number of nitrogens with two attached hydrogens (primary N) is 1. The summed E-state index contributed by atoms with van der Waals surface area (Å²) in [6, 6.07) is 0.540. The molecule has 0 saturated carbocycles. The van der Waals surface area contributed by atoms with Gasteiger partial charge in [0, 0.05) is 25.7 Å². The Morgan fingerprint density at radius 3 is 3.00 bits per heavy atom. The highest BCUT2D eigenvalue weighted by molar-refractivity contribution is 5.85. The van der Waals surface area contributed by atoms with Gasteiger partial charge in [-0.1, -0.05) is 0 Å². The fourth-order valence-electron chi connectivity index (χ4n) is 3.85. The topological polar surface area (TPSA) is 67.6 Å². The molecule has 0 aliphatic carbocycles. The maximum atomic E-state index is 12.0. The van der Waals surface area contributed by atoms with Gasteiger partial charge in [-0.25, -0.2) is 0 Å². The van der Waals surface area contributed by atoms with Crippen molar-refractivity contribution >= 4 is 5.91 Å². The summed E-state index contributed by atoms with van der Waals surface area (Å²) >= 11 is 0. The molecular weight excluding hydrogens is 242 g/mol. The molecule has 5 nitrogen and oxygen atoms in total. The number of hydrogen-bond donors (Lipinski definition) is 2. The number of piperidine rings is 1. The molecule has 1 amide bonds. The third-order valence-corrected chi connectivity index (χ3v) is 5.07. The number of ether oxygens (including phenoxy) is 1. The fraction of sp³-hybridized carbons (Fsp3) is 0.929. The first-order valence-corrected chi connectivity index (χ1v) is 7.60. The largest absolute Gasteiger partial charge is 0.377 e. The Hall–Kier alpha value is -0.650. The van der Waals surface area contributed by atoms with Crippen molar-refractivity contribution in [3.63, 3.8) is 0 Å². The van der Waals surface area contributed by atoms with E-state index in [1.54, 1.807) is 0 Å². The van der Waals surface area contributed by atoms with E-state index in [0.717, 1.165) is 45.4 Å². The van der Waals surface area contributed by atoms with Gasteiger partial charge in [-0.15, -0.1) is 0 Å². The Balaban J connectivity index is 1.63. The van der Waals surface area contributed by atoms with Crippen LogP contribution in [0.2, 0.25) is 0 Å². The lowest BCUT2D eigenvalue weighted by atomic mass is 9.82. The summed E-state index contributed by atoms with van der Waals surface area (Å²) in [5.41, 5.74) is 5.21. The van der Waals surface area contributed by atoms with Gasteiger partial charge >= 0.3 is 0 Å². The van der Waals surface area contributed by atoms with Crippen molar-refractivity contribution in [3.8, 4) is 0 Å². The van der Waals surface area contributed by atoms with Crippen molar-refractivity contribution < 1.29 is 9.53 Å². The Morgan fingerprint density at radius 1 is 1.37 bits per heavy atom. The van der Waals surface area contributed by atoms with Crippen LogP contribution >= 0.6 is 0 Å². The van der Waals surface area contributed by atoms with Crippen LogP contribution < -0.4 is 11.1 Å². The van der Waals surface area contributed by atoms with Crippen molar-refractivity contribution in [1.29, 1.82) is 0 Å². The van der Waals surface area contributed by atoms with Crippen LogP contribution in [0.3, 0.4) is 0 Å². The SMILES string of the molecule is NC(=O)C1(NCC2CCCO2)CCN2CCCC2C1. The molecule has 3 aliphatic rings. The second kappa shape index (κ2) is 5.38. The van der Waals surface area contributed by atoms with E-state index in [-0.39, 0.29) is 12.0 Å². The first-order chi connectivity index (χ1) is 9.20. The molecule has 19 heavy (non-hydrogen) atoms. The number of carbonyl (C=O) groups is 1. The van der Waals surface area contributed by atoms with Gasteiger partial charge < -0.3 is 20.7 Å². The van der Waals surface area contributed by atoms with Crippen LogP contribution in [-0.2, 0) is 9.53 Å². The van der Waals surface area contributed by atoms with Crippen molar-refractivity contribution in [2.45, 2.75) is 56.2 Å². The number of carbonyl (C=O) groups excluding carboxylic acids is 1. The van der Waals surface area contributed by atoms with E-state index in [0.29, 0.717) is 6.04 Å². The molecule has 3 aliphatic heterocycles. The lowest BCUT2D eigenvalue weighted by molar-refractivity contribution is -0.127. The predicted octanol–water partition coefficient (Wildman–Crippen LogP) is 0.237. The number of fused-ring (bicyclic) bond motifs is 1. The Kier molecular flexibility index (Phi) is 3.78. The average molecular weight is 267 g/mol. The standard InChI is InChI=1S/C14H25N3O2/c15-13(18)14(16-10-12-4-2-8-19-12)5-7-17-6-1-3-11(17)9-14/h11-12,16H,1-10H2,(H2,15,18). The summed E-state index contributed by atoms with van der Waals surface area (Å²) in [6.07, 6.45) is 6.66. The minimum atomic E-state index is -0.503. The maximum Gasteiger partial charge on any atom is 0.237 e. The summed E-state index contributed by atoms with van der Waals surface area (Å²) in [5, 5.41) is 3.46. The minimum absolute atomic E-state index is 0.183. The minimum Gasteiger partial charge on any atom is -0.377 e. The summed E-state index contributed by atoms with van der Waals surface area (Å²) < 4.78 is 5.63. The molecule has 108 valence electrons. The van der Waals surface area contributed by atoms with Crippen LogP contribution in [0.15, 0.2) is 0 Å². The van der Waals surface area contributed by atoms with Crippen LogP contribution in [0.1, 0.15) is 38.5 Å². The third-order valence-electron chi connectivity index (χ3n) is 5.07. The van der Waals surface area contributed by atoms with Gasteiger partial charge in [0.25, 0.3) is 0 Å². The van der Waals surface area contributed by atoms with E-state index in [9.17, 15) is 4.79 Å². The van der Waals surface area contributed by atoms with Crippen molar-refractivity contribution in [1.82, 2.24) is 10.2 Å². The van der Waals surface area contributed by atoms with Crippen molar-refractivity contribution in [2.75, 3.05) is 26.2 Å². The van der Waals surface area contributed by atoms with Crippen LogP contribution in [0.25, 0.3) is 0 Å². The molecule has 0 radical (unpaired) electrons. The van der Waals surface area contributed by atoms with Crippen LogP contribution in [-0.4, -0.2) is 54.7 Å². The van der Waals surface area contributed by atoms with Gasteiger partial charge in [-0.2, -0.15) is 0 Å². The third kappa shape index (κ3) is 2.64. The van der Waals surface area contributed by atoms with Crippen LogP contribution in [0.5, 0.6) is 0 Å². The highest BCUT2D eigenvalue weighted by Crippen LogP contribution is 2.33. The molecule has 5 heteroatoms. The lowest BCUT2D eigenvalue weighted by Gasteiger charge is -2.43. The molecule has 3 N–H and O–H groups in total. The highest BCUT2D eigenvalue weighted by Gasteiger charge is 2.45. The van der Waals surface area contributed by atoms with Gasteiger partial charge in [0.15, 0.2) is 0 Å².